The molecular formula is C19H18F6N8O. The molecule has 0 spiro atoms. The summed E-state index contributed by atoms with van der Waals surface area (Å²) in [6, 6.07) is -0.739. The first-order chi connectivity index (χ1) is 16.0. The largest absolute Gasteiger partial charge is 0.449 e. The maximum Gasteiger partial charge on any atom is 0.449 e. The van der Waals surface area contributed by atoms with Crippen LogP contribution in [-0.4, -0.2) is 53.6 Å². The molecule has 34 heavy (non-hydrogen) atoms. The molecule has 0 saturated carbocycles. The Hall–Kier alpha value is -3.49. The predicted octanol–water partition coefficient (Wildman–Crippen LogP) is 2.36. The first-order valence-corrected chi connectivity index (χ1v) is 10.1. The van der Waals surface area contributed by atoms with E-state index in [4.69, 9.17) is 5.73 Å². The van der Waals surface area contributed by atoms with Gasteiger partial charge in [0.1, 0.15) is 11.5 Å². The number of imidazole rings is 1. The normalized spacial score (nSPS) is 17.1. The highest BCUT2D eigenvalue weighted by atomic mass is 19.4. The SMILES string of the molecule is CC1c2c(-c3nn[nH]n3)nc(C(F)(F)F)n2CCN1C(=O)C[C@H](N)Cc1cc(F)c(F)cc1F. The summed E-state index contributed by atoms with van der Waals surface area (Å²) in [4.78, 5) is 17.9. The highest BCUT2D eigenvalue weighted by Crippen LogP contribution is 2.39. The van der Waals surface area contributed by atoms with E-state index in [2.05, 4.69) is 25.6 Å². The van der Waals surface area contributed by atoms with E-state index in [1.807, 2.05) is 0 Å². The summed E-state index contributed by atoms with van der Waals surface area (Å²) in [6.45, 7) is 1.26. The summed E-state index contributed by atoms with van der Waals surface area (Å²) in [5, 5.41) is 12.9. The second-order valence-corrected chi connectivity index (χ2v) is 7.84. The van der Waals surface area contributed by atoms with Gasteiger partial charge in [0.05, 0.1) is 11.7 Å². The molecule has 3 aromatic rings. The van der Waals surface area contributed by atoms with Crippen molar-refractivity contribution in [3.63, 3.8) is 0 Å². The number of alkyl halides is 3. The van der Waals surface area contributed by atoms with E-state index in [1.165, 1.54) is 11.8 Å². The number of carbonyl (C=O) groups is 1. The Morgan fingerprint density at radius 2 is 1.91 bits per heavy atom. The third-order valence-electron chi connectivity index (χ3n) is 5.57. The number of H-pyrrole nitrogens is 1. The second-order valence-electron chi connectivity index (χ2n) is 7.84. The minimum absolute atomic E-state index is 0.0651. The average Bonchev–Trinajstić information content (AvgIpc) is 3.39. The van der Waals surface area contributed by atoms with E-state index >= 15 is 0 Å². The number of hydrogen-bond acceptors (Lipinski definition) is 6. The lowest BCUT2D eigenvalue weighted by Crippen LogP contribution is -2.44. The Balaban J connectivity index is 1.56. The molecule has 0 radical (unpaired) electrons. The maximum absolute atomic E-state index is 13.9. The third-order valence-corrected chi connectivity index (χ3v) is 5.57. The lowest BCUT2D eigenvalue weighted by atomic mass is 10.0. The molecule has 1 aliphatic rings. The van der Waals surface area contributed by atoms with Crippen molar-refractivity contribution >= 4 is 5.91 Å². The number of benzene rings is 1. The van der Waals surface area contributed by atoms with Crippen molar-refractivity contribution in [1.29, 1.82) is 0 Å². The number of fused-ring (bicyclic) bond motifs is 1. The van der Waals surface area contributed by atoms with Crippen molar-refractivity contribution in [2.75, 3.05) is 6.54 Å². The molecule has 3 N–H and O–H groups in total. The Labute approximate surface area is 187 Å². The summed E-state index contributed by atoms with van der Waals surface area (Å²) in [7, 11) is 0. The van der Waals surface area contributed by atoms with Gasteiger partial charge in [-0.1, -0.05) is 0 Å². The number of nitrogens with zero attached hydrogens (tertiary/aromatic N) is 6. The maximum atomic E-state index is 13.9. The zero-order valence-electron chi connectivity index (χ0n) is 17.6. The fourth-order valence-electron chi connectivity index (χ4n) is 4.06. The van der Waals surface area contributed by atoms with Crippen LogP contribution < -0.4 is 5.73 Å². The van der Waals surface area contributed by atoms with Gasteiger partial charge in [-0.15, -0.1) is 10.2 Å². The first kappa shape index (κ1) is 23.7. The van der Waals surface area contributed by atoms with E-state index in [0.29, 0.717) is 12.1 Å². The van der Waals surface area contributed by atoms with Gasteiger partial charge < -0.3 is 15.2 Å². The lowest BCUT2D eigenvalue weighted by molar-refractivity contribution is -0.148. The number of tetrazole rings is 1. The van der Waals surface area contributed by atoms with Gasteiger partial charge in [0.25, 0.3) is 0 Å². The molecule has 1 aromatic carbocycles. The van der Waals surface area contributed by atoms with E-state index in [1.54, 1.807) is 0 Å². The van der Waals surface area contributed by atoms with Crippen molar-refractivity contribution in [3.8, 4) is 11.5 Å². The molecule has 0 fully saturated rings. The first-order valence-electron chi connectivity index (χ1n) is 10.1. The summed E-state index contributed by atoms with van der Waals surface area (Å²) in [6.07, 6.45) is -5.30. The number of rotatable bonds is 5. The Morgan fingerprint density at radius 1 is 1.21 bits per heavy atom. The van der Waals surface area contributed by atoms with Gasteiger partial charge in [-0.2, -0.15) is 18.4 Å². The molecular weight excluding hydrogens is 470 g/mol. The molecule has 9 nitrogen and oxygen atoms in total. The molecule has 1 unspecified atom stereocenters. The van der Waals surface area contributed by atoms with Crippen molar-refractivity contribution in [1.82, 2.24) is 35.1 Å². The molecule has 15 heteroatoms. The van der Waals surface area contributed by atoms with Gasteiger partial charge in [0.2, 0.25) is 17.6 Å². The van der Waals surface area contributed by atoms with Crippen LogP contribution >= 0.6 is 0 Å². The lowest BCUT2D eigenvalue weighted by Gasteiger charge is -2.36. The number of amides is 1. The molecule has 0 bridgehead atoms. The smallest absolute Gasteiger partial charge is 0.333 e. The zero-order valence-corrected chi connectivity index (χ0v) is 17.6. The summed E-state index contributed by atoms with van der Waals surface area (Å²) in [5.74, 6) is -5.41. The molecule has 4 rings (SSSR count). The Bertz CT molecular complexity index is 1210. The highest BCUT2D eigenvalue weighted by molar-refractivity contribution is 5.78. The van der Waals surface area contributed by atoms with Crippen molar-refractivity contribution in [2.45, 2.75) is 44.6 Å². The fraction of sp³-hybridized carbons (Fsp3) is 0.421. The van der Waals surface area contributed by atoms with Gasteiger partial charge in [-0.05, 0) is 30.2 Å². The molecule has 182 valence electrons. The number of carbonyl (C=O) groups excluding carboxylic acids is 1. The Morgan fingerprint density at radius 3 is 2.56 bits per heavy atom. The minimum atomic E-state index is -4.75. The molecule has 0 saturated heterocycles. The monoisotopic (exact) mass is 488 g/mol. The summed E-state index contributed by atoms with van der Waals surface area (Å²) in [5.41, 5.74) is 5.66. The molecule has 2 atom stereocenters. The number of hydrogen-bond donors (Lipinski definition) is 2. The van der Waals surface area contributed by atoms with Crippen LogP contribution in [0.4, 0.5) is 26.3 Å². The van der Waals surface area contributed by atoms with E-state index in [0.717, 1.165) is 4.57 Å². The van der Waals surface area contributed by atoms with Crippen LogP contribution in [0.3, 0.4) is 0 Å². The molecule has 1 aliphatic heterocycles. The number of nitrogens with one attached hydrogen (secondary N) is 1. The number of aromatic nitrogens is 6. The fourth-order valence-corrected chi connectivity index (χ4v) is 4.06. The van der Waals surface area contributed by atoms with Crippen LogP contribution in [0.1, 0.15) is 36.5 Å². The summed E-state index contributed by atoms with van der Waals surface area (Å²) >= 11 is 0. The topological polar surface area (TPSA) is 119 Å². The van der Waals surface area contributed by atoms with Crippen LogP contribution in [0.5, 0.6) is 0 Å². The minimum Gasteiger partial charge on any atom is -0.333 e. The van der Waals surface area contributed by atoms with Gasteiger partial charge >= 0.3 is 6.18 Å². The summed E-state index contributed by atoms with van der Waals surface area (Å²) < 4.78 is 82.1. The van der Waals surface area contributed by atoms with Gasteiger partial charge in [0.15, 0.2) is 11.6 Å². The van der Waals surface area contributed by atoms with Crippen molar-refractivity contribution in [3.05, 3.63) is 46.7 Å². The molecule has 2 aromatic heterocycles. The van der Waals surface area contributed by atoms with Crippen molar-refractivity contribution < 1.29 is 31.1 Å². The molecule has 3 heterocycles. The van der Waals surface area contributed by atoms with Crippen molar-refractivity contribution in [2.24, 2.45) is 5.73 Å². The Kier molecular flexibility index (Phi) is 6.05. The van der Waals surface area contributed by atoms with E-state index in [-0.39, 0.29) is 48.7 Å². The average molecular weight is 488 g/mol. The number of nitrogens with two attached hydrogens (primary N) is 1. The molecule has 0 aliphatic carbocycles. The zero-order chi connectivity index (χ0) is 24.8. The van der Waals surface area contributed by atoms with Crippen LogP contribution in [0, 0.1) is 17.5 Å². The predicted molar refractivity (Wildman–Crippen MR) is 103 cm³/mol. The van der Waals surface area contributed by atoms with Crippen LogP contribution in [0.2, 0.25) is 0 Å². The number of halogens is 6. The number of aromatic amines is 1. The van der Waals surface area contributed by atoms with Gasteiger partial charge in [-0.3, -0.25) is 4.79 Å². The molecule has 1 amide bonds. The second kappa shape index (κ2) is 8.70. The van der Waals surface area contributed by atoms with Crippen LogP contribution in [0.25, 0.3) is 11.5 Å². The van der Waals surface area contributed by atoms with Crippen LogP contribution in [-0.2, 0) is 23.9 Å². The van der Waals surface area contributed by atoms with Crippen LogP contribution in [0.15, 0.2) is 12.1 Å². The van der Waals surface area contributed by atoms with Gasteiger partial charge in [-0.25, -0.2) is 18.2 Å². The van der Waals surface area contributed by atoms with E-state index < -0.39 is 47.4 Å². The standard InChI is InChI=1S/C19H18F6N8O/c1-8-16-15(17-28-30-31-29-17)27-18(19(23,24)25)33(16)3-2-32(8)14(34)6-10(26)4-9-5-12(21)13(22)7-11(9)20/h5,7-8,10H,2-4,6,26H2,1H3,(H,28,29,30,31)/t8?,10-/m1/s1. The highest BCUT2D eigenvalue weighted by Gasteiger charge is 2.43. The van der Waals surface area contributed by atoms with E-state index in [9.17, 15) is 31.1 Å². The quantitative estimate of drug-likeness (QED) is 0.421. The van der Waals surface area contributed by atoms with Gasteiger partial charge in [0, 0.05) is 31.6 Å². The third kappa shape index (κ3) is 4.34.